The molecule has 0 aliphatic heterocycles. The number of halogens is 2. The number of rotatable bonds is 2. The first-order valence-corrected chi connectivity index (χ1v) is 3.91. The summed E-state index contributed by atoms with van der Waals surface area (Å²) in [7, 11) is 0. The fourth-order valence-corrected chi connectivity index (χ4v) is 1.13. The molecule has 0 aromatic carbocycles. The number of pyridine rings is 1. The zero-order chi connectivity index (χ0) is 9.10. The van der Waals surface area contributed by atoms with Gasteiger partial charge in [-0.25, -0.2) is 9.67 Å². The van der Waals surface area contributed by atoms with Crippen molar-refractivity contribution < 1.29 is 0 Å². The van der Waals surface area contributed by atoms with Gasteiger partial charge < -0.3 is 5.73 Å². The Hall–Kier alpha value is -1.17. The van der Waals surface area contributed by atoms with Gasteiger partial charge in [-0.1, -0.05) is 0 Å². The highest BCUT2D eigenvalue weighted by molar-refractivity contribution is 5.85. The van der Waals surface area contributed by atoms with Crippen LogP contribution in [-0.4, -0.2) is 19.7 Å². The van der Waals surface area contributed by atoms with E-state index in [4.69, 9.17) is 5.73 Å². The molecule has 0 aliphatic carbocycles. The average Bonchev–Trinajstić information content (AvgIpc) is 2.70. The van der Waals surface area contributed by atoms with Crippen LogP contribution in [-0.2, 0) is 6.54 Å². The summed E-state index contributed by atoms with van der Waals surface area (Å²) in [5, 5.41) is 4.01. The van der Waals surface area contributed by atoms with Gasteiger partial charge in [-0.3, -0.25) is 4.98 Å². The maximum Gasteiger partial charge on any atom is 0.138 e. The normalized spacial score (nSPS) is 8.87. The smallest absolute Gasteiger partial charge is 0.138 e. The van der Waals surface area contributed by atoms with Crippen molar-refractivity contribution in [2.75, 3.05) is 0 Å². The van der Waals surface area contributed by atoms with Crippen LogP contribution < -0.4 is 5.73 Å². The molecule has 0 fully saturated rings. The first-order chi connectivity index (χ1) is 6.42. The Morgan fingerprint density at radius 2 is 2.13 bits per heavy atom. The lowest BCUT2D eigenvalue weighted by Crippen LogP contribution is -2.06. The molecule has 2 N–H and O–H groups in total. The Bertz CT molecular complexity index is 390. The number of hydrogen-bond donors (Lipinski definition) is 1. The van der Waals surface area contributed by atoms with Crippen LogP contribution in [0, 0.1) is 0 Å². The largest absolute Gasteiger partial charge is 0.325 e. The van der Waals surface area contributed by atoms with Crippen molar-refractivity contribution in [3.63, 3.8) is 0 Å². The van der Waals surface area contributed by atoms with Crippen LogP contribution in [0.1, 0.15) is 5.69 Å². The molecule has 82 valence electrons. The fraction of sp³-hybridized carbons (Fsp3) is 0.125. The van der Waals surface area contributed by atoms with E-state index in [0.717, 1.165) is 11.4 Å². The minimum Gasteiger partial charge on any atom is -0.325 e. The third kappa shape index (κ3) is 2.89. The van der Waals surface area contributed by atoms with Crippen LogP contribution in [0.2, 0.25) is 0 Å². The van der Waals surface area contributed by atoms with Gasteiger partial charge in [-0.05, 0) is 12.1 Å². The fourth-order valence-electron chi connectivity index (χ4n) is 1.13. The Morgan fingerprint density at radius 3 is 2.73 bits per heavy atom. The third-order valence-corrected chi connectivity index (χ3v) is 1.73. The zero-order valence-corrected chi connectivity index (χ0v) is 9.41. The summed E-state index contributed by atoms with van der Waals surface area (Å²) in [5.41, 5.74) is 7.22. The van der Waals surface area contributed by atoms with Gasteiger partial charge in [-0.15, -0.1) is 24.8 Å². The molecular formula is C8H11Cl2N5. The molecule has 0 spiro atoms. The van der Waals surface area contributed by atoms with E-state index in [1.165, 1.54) is 6.33 Å². The first-order valence-electron chi connectivity index (χ1n) is 3.91. The van der Waals surface area contributed by atoms with Crippen molar-refractivity contribution in [1.29, 1.82) is 0 Å². The van der Waals surface area contributed by atoms with Crippen molar-refractivity contribution >= 4 is 24.8 Å². The topological polar surface area (TPSA) is 69.6 Å². The van der Waals surface area contributed by atoms with E-state index >= 15 is 0 Å². The quantitative estimate of drug-likeness (QED) is 0.859. The monoisotopic (exact) mass is 247 g/mol. The molecule has 0 unspecified atom stereocenters. The summed E-state index contributed by atoms with van der Waals surface area (Å²) in [6.07, 6.45) is 4.81. The van der Waals surface area contributed by atoms with E-state index in [1.807, 2.05) is 12.1 Å². The maximum atomic E-state index is 5.53. The molecule has 0 saturated carbocycles. The molecule has 0 atom stereocenters. The van der Waals surface area contributed by atoms with E-state index < -0.39 is 0 Å². The van der Waals surface area contributed by atoms with Crippen LogP contribution >= 0.6 is 24.8 Å². The van der Waals surface area contributed by atoms with Crippen molar-refractivity contribution in [3.05, 3.63) is 36.7 Å². The third-order valence-electron chi connectivity index (χ3n) is 1.73. The molecule has 2 heterocycles. The molecule has 0 aliphatic rings. The number of nitrogens with two attached hydrogens (primary N) is 1. The van der Waals surface area contributed by atoms with Gasteiger partial charge in [0.2, 0.25) is 0 Å². The lowest BCUT2D eigenvalue weighted by Gasteiger charge is -2.04. The average molecular weight is 248 g/mol. The van der Waals surface area contributed by atoms with Crippen LogP contribution in [0.5, 0.6) is 0 Å². The molecule has 0 saturated heterocycles. The summed E-state index contributed by atoms with van der Waals surface area (Å²) < 4.78 is 1.65. The lowest BCUT2D eigenvalue weighted by molar-refractivity contribution is 0.838. The predicted molar refractivity (Wildman–Crippen MR) is 61.5 cm³/mol. The zero-order valence-electron chi connectivity index (χ0n) is 7.78. The van der Waals surface area contributed by atoms with Gasteiger partial charge in [0.15, 0.2) is 0 Å². The number of aromatic nitrogens is 4. The van der Waals surface area contributed by atoms with Gasteiger partial charge >= 0.3 is 0 Å². The summed E-state index contributed by atoms with van der Waals surface area (Å²) in [5.74, 6) is 0. The molecule has 0 radical (unpaired) electrons. The second kappa shape index (κ2) is 6.34. The van der Waals surface area contributed by atoms with Crippen molar-refractivity contribution in [1.82, 2.24) is 19.7 Å². The van der Waals surface area contributed by atoms with Crippen LogP contribution in [0.4, 0.5) is 0 Å². The van der Waals surface area contributed by atoms with E-state index in [-0.39, 0.29) is 24.8 Å². The molecule has 5 nitrogen and oxygen atoms in total. The standard InChI is InChI=1S/C8H9N5.2ClH/c9-4-7-8(2-1-3-11-7)13-6-10-5-12-13;;/h1-3,5-6H,4,9H2;2*1H. The molecule has 2 aromatic heterocycles. The number of nitrogens with zero attached hydrogens (tertiary/aromatic N) is 4. The van der Waals surface area contributed by atoms with Gasteiger partial charge in [0.1, 0.15) is 12.7 Å². The minimum absolute atomic E-state index is 0. The van der Waals surface area contributed by atoms with Gasteiger partial charge in [-0.2, -0.15) is 5.10 Å². The Balaban J connectivity index is 0.000000980. The highest BCUT2D eigenvalue weighted by Crippen LogP contribution is 2.08. The second-order valence-corrected chi connectivity index (χ2v) is 2.51. The van der Waals surface area contributed by atoms with E-state index in [0.29, 0.717) is 6.54 Å². The second-order valence-electron chi connectivity index (χ2n) is 2.51. The van der Waals surface area contributed by atoms with E-state index in [1.54, 1.807) is 17.2 Å². The molecule has 0 amide bonds. The summed E-state index contributed by atoms with van der Waals surface area (Å²) in [6, 6.07) is 3.75. The predicted octanol–water partition coefficient (Wildman–Crippen LogP) is 0.965. The summed E-state index contributed by atoms with van der Waals surface area (Å²) in [4.78, 5) is 8.00. The summed E-state index contributed by atoms with van der Waals surface area (Å²) in [6.45, 7) is 0.399. The highest BCUT2D eigenvalue weighted by Gasteiger charge is 2.02. The molecule has 0 bridgehead atoms. The summed E-state index contributed by atoms with van der Waals surface area (Å²) >= 11 is 0. The molecule has 7 heteroatoms. The lowest BCUT2D eigenvalue weighted by atomic mass is 10.3. The maximum absolute atomic E-state index is 5.53. The molecular weight excluding hydrogens is 237 g/mol. The minimum atomic E-state index is 0. The molecule has 15 heavy (non-hydrogen) atoms. The Kier molecular flexibility index (Phi) is 5.84. The van der Waals surface area contributed by atoms with Crippen molar-refractivity contribution in [2.45, 2.75) is 6.54 Å². The molecule has 2 aromatic rings. The van der Waals surface area contributed by atoms with E-state index in [2.05, 4.69) is 15.1 Å². The first kappa shape index (κ1) is 13.8. The van der Waals surface area contributed by atoms with Crippen LogP contribution in [0.15, 0.2) is 31.0 Å². The van der Waals surface area contributed by atoms with Gasteiger partial charge in [0.25, 0.3) is 0 Å². The van der Waals surface area contributed by atoms with Crippen molar-refractivity contribution in [3.8, 4) is 5.69 Å². The van der Waals surface area contributed by atoms with Crippen LogP contribution in [0.3, 0.4) is 0 Å². The van der Waals surface area contributed by atoms with E-state index in [9.17, 15) is 0 Å². The highest BCUT2D eigenvalue weighted by atomic mass is 35.5. The molecule has 2 rings (SSSR count). The number of hydrogen-bond acceptors (Lipinski definition) is 4. The SMILES string of the molecule is Cl.Cl.NCc1ncccc1-n1cncn1. The Labute approximate surface area is 99.5 Å². The van der Waals surface area contributed by atoms with Gasteiger partial charge in [0, 0.05) is 12.7 Å². The Morgan fingerprint density at radius 1 is 1.33 bits per heavy atom. The van der Waals surface area contributed by atoms with Crippen LogP contribution in [0.25, 0.3) is 5.69 Å². The van der Waals surface area contributed by atoms with Crippen molar-refractivity contribution in [2.24, 2.45) is 5.73 Å². The van der Waals surface area contributed by atoms with Gasteiger partial charge in [0.05, 0.1) is 11.4 Å².